The lowest BCUT2D eigenvalue weighted by molar-refractivity contribution is 0.0710. The molecule has 0 saturated carbocycles. The first-order valence-corrected chi connectivity index (χ1v) is 8.69. The van der Waals surface area contributed by atoms with E-state index in [4.69, 9.17) is 4.74 Å². The number of aromatic nitrogens is 3. The van der Waals surface area contributed by atoms with Crippen LogP contribution in [-0.4, -0.2) is 45.3 Å². The summed E-state index contributed by atoms with van der Waals surface area (Å²) >= 11 is 0. The van der Waals surface area contributed by atoms with E-state index in [1.165, 1.54) is 0 Å². The van der Waals surface area contributed by atoms with Gasteiger partial charge in [-0.05, 0) is 43.5 Å². The number of ether oxygens (including phenoxy) is 1. The minimum absolute atomic E-state index is 0.125. The molecule has 0 unspecified atom stereocenters. The van der Waals surface area contributed by atoms with Crippen molar-refractivity contribution in [2.24, 2.45) is 0 Å². The van der Waals surface area contributed by atoms with Crippen LogP contribution in [0.25, 0.3) is 0 Å². The van der Waals surface area contributed by atoms with Crippen LogP contribution in [0.5, 0.6) is 5.75 Å². The van der Waals surface area contributed by atoms with Crippen molar-refractivity contribution in [2.75, 3.05) is 19.7 Å². The van der Waals surface area contributed by atoms with E-state index in [0.717, 1.165) is 68.2 Å². The van der Waals surface area contributed by atoms with E-state index in [9.17, 15) is 4.79 Å². The van der Waals surface area contributed by atoms with Crippen LogP contribution in [0.1, 0.15) is 47.4 Å². The maximum atomic E-state index is 12.8. The summed E-state index contributed by atoms with van der Waals surface area (Å²) in [5.41, 5.74) is 1.92. The number of rotatable bonds is 3. The Morgan fingerprint density at radius 1 is 1.33 bits per heavy atom. The Labute approximate surface area is 141 Å². The summed E-state index contributed by atoms with van der Waals surface area (Å²) in [5.74, 6) is 2.49. The number of nitrogens with zero attached hydrogens (tertiary/aromatic N) is 4. The molecule has 24 heavy (non-hydrogen) atoms. The summed E-state index contributed by atoms with van der Waals surface area (Å²) < 4.78 is 7.62. The Kier molecular flexibility index (Phi) is 3.96. The highest BCUT2D eigenvalue weighted by molar-refractivity contribution is 5.94. The van der Waals surface area contributed by atoms with E-state index in [2.05, 4.69) is 21.7 Å². The van der Waals surface area contributed by atoms with Crippen molar-refractivity contribution in [2.45, 2.75) is 38.6 Å². The number of fused-ring (bicyclic) bond motifs is 1. The van der Waals surface area contributed by atoms with Crippen LogP contribution < -0.4 is 4.74 Å². The van der Waals surface area contributed by atoms with Gasteiger partial charge < -0.3 is 14.2 Å². The third-order valence-electron chi connectivity index (χ3n) is 5.07. The van der Waals surface area contributed by atoms with Crippen LogP contribution in [0.2, 0.25) is 0 Å². The van der Waals surface area contributed by atoms with Gasteiger partial charge in [-0.1, -0.05) is 0 Å². The molecule has 6 nitrogen and oxygen atoms in total. The molecular formula is C18H22N4O2. The van der Waals surface area contributed by atoms with E-state index in [-0.39, 0.29) is 5.91 Å². The highest BCUT2D eigenvalue weighted by Gasteiger charge is 2.27. The molecule has 1 saturated heterocycles. The highest BCUT2D eigenvalue weighted by atomic mass is 16.5. The summed E-state index contributed by atoms with van der Waals surface area (Å²) in [6.07, 6.45) is 4.57. The molecule has 1 aromatic carbocycles. The van der Waals surface area contributed by atoms with Crippen LogP contribution in [0, 0.1) is 0 Å². The molecule has 2 aromatic rings. The van der Waals surface area contributed by atoms with Gasteiger partial charge >= 0.3 is 0 Å². The Bertz CT molecular complexity index is 747. The molecule has 0 atom stereocenters. The van der Waals surface area contributed by atoms with Gasteiger partial charge in [-0.25, -0.2) is 0 Å². The first kappa shape index (κ1) is 15.2. The summed E-state index contributed by atoms with van der Waals surface area (Å²) in [6, 6.07) is 5.79. The van der Waals surface area contributed by atoms with Crippen molar-refractivity contribution in [3.63, 3.8) is 0 Å². The molecule has 0 radical (unpaired) electrons. The van der Waals surface area contributed by atoms with E-state index in [0.29, 0.717) is 5.92 Å². The minimum Gasteiger partial charge on any atom is -0.493 e. The van der Waals surface area contributed by atoms with Gasteiger partial charge in [0.25, 0.3) is 5.91 Å². The lowest BCUT2D eigenvalue weighted by atomic mass is 9.95. The fourth-order valence-corrected chi connectivity index (χ4v) is 3.67. The third-order valence-corrected chi connectivity index (χ3v) is 5.07. The predicted octanol–water partition coefficient (Wildman–Crippen LogP) is 2.25. The molecule has 1 amide bonds. The summed E-state index contributed by atoms with van der Waals surface area (Å²) in [4.78, 5) is 14.7. The number of carbonyl (C=O) groups excluding carboxylic acids is 1. The van der Waals surface area contributed by atoms with E-state index < -0.39 is 0 Å². The first-order valence-electron chi connectivity index (χ1n) is 8.69. The maximum absolute atomic E-state index is 12.8. The molecule has 4 rings (SSSR count). The zero-order chi connectivity index (χ0) is 16.5. The van der Waals surface area contributed by atoms with Gasteiger partial charge in [0.1, 0.15) is 17.9 Å². The molecule has 1 fully saturated rings. The summed E-state index contributed by atoms with van der Waals surface area (Å²) in [6.45, 7) is 5.25. The van der Waals surface area contributed by atoms with Gasteiger partial charge in [-0.3, -0.25) is 4.79 Å². The van der Waals surface area contributed by atoms with Crippen LogP contribution in [-0.2, 0) is 13.0 Å². The minimum atomic E-state index is 0.125. The third kappa shape index (κ3) is 2.66. The average Bonchev–Trinajstić information content (AvgIpc) is 3.29. The van der Waals surface area contributed by atoms with Gasteiger partial charge in [0.2, 0.25) is 0 Å². The standard InChI is InChI=1S/C18H22N4O2/c1-2-21-12-19-20-17(21)13-5-8-22(9-6-13)18(23)15-3-4-16-14(11-15)7-10-24-16/h3-4,11-13H,2,5-10H2,1H3. The number of benzene rings is 1. The second kappa shape index (κ2) is 6.26. The summed E-state index contributed by atoms with van der Waals surface area (Å²) in [5, 5.41) is 8.30. The topological polar surface area (TPSA) is 60.2 Å². The average molecular weight is 326 g/mol. The molecule has 2 aliphatic rings. The lowest BCUT2D eigenvalue weighted by Gasteiger charge is -2.31. The normalized spacial score (nSPS) is 17.6. The number of carbonyl (C=O) groups is 1. The van der Waals surface area contributed by atoms with Gasteiger partial charge in [0, 0.05) is 37.5 Å². The Hall–Kier alpha value is -2.37. The SMILES string of the molecule is CCn1cnnc1C1CCN(C(=O)c2ccc3c(c2)CCO3)CC1. The van der Waals surface area contributed by atoms with Crippen molar-refractivity contribution in [3.8, 4) is 5.75 Å². The fourth-order valence-electron chi connectivity index (χ4n) is 3.67. The molecule has 0 N–H and O–H groups in total. The Morgan fingerprint density at radius 3 is 2.96 bits per heavy atom. The molecule has 6 heteroatoms. The van der Waals surface area contributed by atoms with E-state index in [1.54, 1.807) is 6.33 Å². The van der Waals surface area contributed by atoms with Crippen molar-refractivity contribution in [1.29, 1.82) is 0 Å². The largest absolute Gasteiger partial charge is 0.493 e. The van der Waals surface area contributed by atoms with Crippen LogP contribution >= 0.6 is 0 Å². The van der Waals surface area contributed by atoms with Gasteiger partial charge in [-0.2, -0.15) is 0 Å². The maximum Gasteiger partial charge on any atom is 0.253 e. The van der Waals surface area contributed by atoms with Crippen molar-refractivity contribution < 1.29 is 9.53 Å². The van der Waals surface area contributed by atoms with Crippen LogP contribution in [0.4, 0.5) is 0 Å². The van der Waals surface area contributed by atoms with Gasteiger partial charge in [-0.15, -0.1) is 10.2 Å². The number of piperidine rings is 1. The molecule has 3 heterocycles. The lowest BCUT2D eigenvalue weighted by Crippen LogP contribution is -2.38. The number of hydrogen-bond donors (Lipinski definition) is 0. The number of likely N-dealkylation sites (tertiary alicyclic amines) is 1. The first-order chi connectivity index (χ1) is 11.8. The molecule has 126 valence electrons. The van der Waals surface area contributed by atoms with E-state index in [1.807, 2.05) is 23.1 Å². The van der Waals surface area contributed by atoms with E-state index >= 15 is 0 Å². The van der Waals surface area contributed by atoms with Crippen molar-refractivity contribution in [3.05, 3.63) is 41.5 Å². The van der Waals surface area contributed by atoms with Gasteiger partial charge in [0.15, 0.2) is 0 Å². The number of aryl methyl sites for hydroxylation is 1. The second-order valence-corrected chi connectivity index (χ2v) is 6.46. The fraction of sp³-hybridized carbons (Fsp3) is 0.500. The monoisotopic (exact) mass is 326 g/mol. The molecule has 0 aliphatic carbocycles. The summed E-state index contributed by atoms with van der Waals surface area (Å²) in [7, 11) is 0. The van der Waals surface area contributed by atoms with Crippen LogP contribution in [0.3, 0.4) is 0 Å². The zero-order valence-corrected chi connectivity index (χ0v) is 13.9. The Balaban J connectivity index is 1.43. The predicted molar refractivity (Wildman–Crippen MR) is 89.2 cm³/mol. The Morgan fingerprint density at radius 2 is 2.17 bits per heavy atom. The number of amides is 1. The smallest absolute Gasteiger partial charge is 0.253 e. The quantitative estimate of drug-likeness (QED) is 0.868. The molecule has 0 spiro atoms. The zero-order valence-electron chi connectivity index (χ0n) is 13.9. The molecule has 2 aliphatic heterocycles. The van der Waals surface area contributed by atoms with Crippen molar-refractivity contribution >= 4 is 5.91 Å². The molecule has 0 bridgehead atoms. The molecule has 1 aromatic heterocycles. The van der Waals surface area contributed by atoms with Gasteiger partial charge in [0.05, 0.1) is 6.61 Å². The molecular weight excluding hydrogens is 304 g/mol. The van der Waals surface area contributed by atoms with Crippen molar-refractivity contribution in [1.82, 2.24) is 19.7 Å². The number of hydrogen-bond acceptors (Lipinski definition) is 4. The van der Waals surface area contributed by atoms with Crippen LogP contribution in [0.15, 0.2) is 24.5 Å². The highest BCUT2D eigenvalue weighted by Crippen LogP contribution is 2.29. The second-order valence-electron chi connectivity index (χ2n) is 6.46.